The standard InChI is InChI=1S/C9H10O4/c10-9(11)6-2-1-3-7-8(6)13-5-4-12-7/h1,3,6H,2,4-5H2,(H,10,11). The molecule has 70 valence electrons. The van der Waals surface area contributed by atoms with Gasteiger partial charge in [-0.3, -0.25) is 4.79 Å². The van der Waals surface area contributed by atoms with Crippen LogP contribution in [0.4, 0.5) is 0 Å². The molecule has 0 saturated carbocycles. The lowest BCUT2D eigenvalue weighted by Gasteiger charge is -2.26. The first-order chi connectivity index (χ1) is 6.29. The van der Waals surface area contributed by atoms with Gasteiger partial charge >= 0.3 is 5.97 Å². The molecule has 2 aliphatic rings. The second-order valence-electron chi connectivity index (χ2n) is 2.95. The molecule has 0 fully saturated rings. The van der Waals surface area contributed by atoms with Gasteiger partial charge < -0.3 is 14.6 Å². The lowest BCUT2D eigenvalue weighted by molar-refractivity contribution is -0.142. The molecule has 4 nitrogen and oxygen atoms in total. The summed E-state index contributed by atoms with van der Waals surface area (Å²) in [7, 11) is 0. The number of allylic oxidation sites excluding steroid dienone is 2. The molecule has 0 aromatic heterocycles. The number of rotatable bonds is 1. The number of carbonyl (C=O) groups is 1. The Morgan fingerprint density at radius 3 is 3.00 bits per heavy atom. The van der Waals surface area contributed by atoms with E-state index in [2.05, 4.69) is 0 Å². The summed E-state index contributed by atoms with van der Waals surface area (Å²) >= 11 is 0. The lowest BCUT2D eigenvalue weighted by atomic mass is 9.97. The zero-order valence-electron chi connectivity index (χ0n) is 7.03. The highest BCUT2D eigenvalue weighted by Crippen LogP contribution is 2.29. The molecule has 4 heteroatoms. The third-order valence-electron chi connectivity index (χ3n) is 2.10. The molecule has 0 radical (unpaired) electrons. The molecule has 0 aromatic carbocycles. The van der Waals surface area contributed by atoms with Gasteiger partial charge in [0.25, 0.3) is 0 Å². The molecule has 1 unspecified atom stereocenters. The van der Waals surface area contributed by atoms with Crippen molar-refractivity contribution in [2.24, 2.45) is 5.92 Å². The molecule has 1 aliphatic heterocycles. The van der Waals surface area contributed by atoms with Gasteiger partial charge in [0.1, 0.15) is 19.1 Å². The number of hydrogen-bond donors (Lipinski definition) is 1. The maximum atomic E-state index is 10.8. The Morgan fingerprint density at radius 1 is 1.46 bits per heavy atom. The van der Waals surface area contributed by atoms with Gasteiger partial charge in [0.05, 0.1) is 0 Å². The average Bonchev–Trinajstić information content (AvgIpc) is 2.17. The molecule has 2 rings (SSSR count). The van der Waals surface area contributed by atoms with Gasteiger partial charge in [-0.25, -0.2) is 0 Å². The molecule has 0 amide bonds. The molecule has 1 aliphatic carbocycles. The molecular formula is C9H10O4. The Bertz CT molecular complexity index is 290. The molecule has 0 spiro atoms. The summed E-state index contributed by atoms with van der Waals surface area (Å²) in [6.07, 6.45) is 4.05. The fourth-order valence-corrected chi connectivity index (χ4v) is 1.48. The van der Waals surface area contributed by atoms with Crippen molar-refractivity contribution in [1.29, 1.82) is 0 Å². The Kier molecular flexibility index (Phi) is 1.96. The summed E-state index contributed by atoms with van der Waals surface area (Å²) in [4.78, 5) is 10.8. The van der Waals surface area contributed by atoms with E-state index in [-0.39, 0.29) is 0 Å². The minimum Gasteiger partial charge on any atom is -0.490 e. The fourth-order valence-electron chi connectivity index (χ4n) is 1.48. The van der Waals surface area contributed by atoms with Gasteiger partial charge in [0, 0.05) is 0 Å². The molecular weight excluding hydrogens is 172 g/mol. The summed E-state index contributed by atoms with van der Waals surface area (Å²) in [6.45, 7) is 0.936. The Hall–Kier alpha value is -1.45. The van der Waals surface area contributed by atoms with Gasteiger partial charge in [-0.2, -0.15) is 0 Å². The van der Waals surface area contributed by atoms with E-state index in [0.717, 1.165) is 0 Å². The Balaban J connectivity index is 2.29. The second-order valence-corrected chi connectivity index (χ2v) is 2.95. The first-order valence-corrected chi connectivity index (χ1v) is 4.18. The molecule has 1 heterocycles. The van der Waals surface area contributed by atoms with Gasteiger partial charge in [0.15, 0.2) is 11.5 Å². The van der Waals surface area contributed by atoms with Crippen LogP contribution >= 0.6 is 0 Å². The summed E-state index contributed by atoms with van der Waals surface area (Å²) in [5.41, 5.74) is 0. The van der Waals surface area contributed by atoms with Crippen molar-refractivity contribution in [3.8, 4) is 0 Å². The van der Waals surface area contributed by atoms with Gasteiger partial charge in [-0.1, -0.05) is 6.08 Å². The van der Waals surface area contributed by atoms with Crippen LogP contribution in [0, 0.1) is 5.92 Å². The van der Waals surface area contributed by atoms with E-state index < -0.39 is 11.9 Å². The topological polar surface area (TPSA) is 55.8 Å². The van der Waals surface area contributed by atoms with E-state index in [9.17, 15) is 4.79 Å². The predicted molar refractivity (Wildman–Crippen MR) is 43.8 cm³/mol. The maximum absolute atomic E-state index is 10.8. The van der Waals surface area contributed by atoms with Gasteiger partial charge in [0.2, 0.25) is 0 Å². The average molecular weight is 182 g/mol. The lowest BCUT2D eigenvalue weighted by Crippen LogP contribution is -2.25. The normalized spacial score (nSPS) is 26.0. The number of aliphatic carboxylic acids is 1. The Morgan fingerprint density at radius 2 is 2.23 bits per heavy atom. The second kappa shape index (κ2) is 3.12. The van der Waals surface area contributed by atoms with E-state index >= 15 is 0 Å². The highest BCUT2D eigenvalue weighted by Gasteiger charge is 2.30. The summed E-state index contributed by atoms with van der Waals surface area (Å²) in [6, 6.07) is 0. The van der Waals surface area contributed by atoms with E-state index in [1.807, 2.05) is 0 Å². The summed E-state index contributed by atoms with van der Waals surface area (Å²) < 4.78 is 10.5. The van der Waals surface area contributed by atoms with Crippen molar-refractivity contribution < 1.29 is 19.4 Å². The van der Waals surface area contributed by atoms with E-state index in [4.69, 9.17) is 14.6 Å². The smallest absolute Gasteiger partial charge is 0.314 e. The van der Waals surface area contributed by atoms with E-state index in [1.54, 1.807) is 12.2 Å². The van der Waals surface area contributed by atoms with Crippen LogP contribution in [0.3, 0.4) is 0 Å². The fraction of sp³-hybridized carbons (Fsp3) is 0.444. The van der Waals surface area contributed by atoms with Crippen molar-refractivity contribution >= 4 is 5.97 Å². The quantitative estimate of drug-likeness (QED) is 0.654. The predicted octanol–water partition coefficient (Wildman–Crippen LogP) is 0.905. The van der Waals surface area contributed by atoms with Crippen molar-refractivity contribution in [1.82, 2.24) is 0 Å². The third-order valence-corrected chi connectivity index (χ3v) is 2.10. The van der Waals surface area contributed by atoms with Crippen LogP contribution < -0.4 is 0 Å². The van der Waals surface area contributed by atoms with E-state index in [1.165, 1.54) is 0 Å². The zero-order chi connectivity index (χ0) is 9.26. The molecule has 1 atom stereocenters. The third kappa shape index (κ3) is 1.39. The largest absolute Gasteiger partial charge is 0.490 e. The minimum atomic E-state index is -0.859. The van der Waals surface area contributed by atoms with Crippen molar-refractivity contribution in [2.75, 3.05) is 13.2 Å². The zero-order valence-corrected chi connectivity index (χ0v) is 7.03. The van der Waals surface area contributed by atoms with Crippen LogP contribution in [0.15, 0.2) is 23.7 Å². The summed E-state index contributed by atoms with van der Waals surface area (Å²) in [5.74, 6) is -0.381. The molecule has 0 bridgehead atoms. The van der Waals surface area contributed by atoms with Crippen molar-refractivity contribution in [2.45, 2.75) is 6.42 Å². The van der Waals surface area contributed by atoms with Crippen LogP contribution in [-0.2, 0) is 14.3 Å². The first kappa shape index (κ1) is 8.16. The number of hydrogen-bond acceptors (Lipinski definition) is 3. The van der Waals surface area contributed by atoms with Crippen LogP contribution in [0.1, 0.15) is 6.42 Å². The maximum Gasteiger partial charge on any atom is 0.314 e. The Labute approximate surface area is 75.5 Å². The number of carboxylic acids is 1. The first-order valence-electron chi connectivity index (χ1n) is 4.18. The summed E-state index contributed by atoms with van der Waals surface area (Å²) in [5, 5.41) is 8.87. The highest BCUT2D eigenvalue weighted by molar-refractivity contribution is 5.74. The molecule has 0 aromatic rings. The van der Waals surface area contributed by atoms with Crippen LogP contribution in [0.25, 0.3) is 0 Å². The molecule has 13 heavy (non-hydrogen) atoms. The molecule has 0 saturated heterocycles. The van der Waals surface area contributed by atoms with Crippen LogP contribution in [0.2, 0.25) is 0 Å². The number of carboxylic acid groups (broad SMARTS) is 1. The van der Waals surface area contributed by atoms with Crippen molar-refractivity contribution in [3.63, 3.8) is 0 Å². The SMILES string of the molecule is O=C(O)C1CC=CC2=C1OCCO2. The monoisotopic (exact) mass is 182 g/mol. The van der Waals surface area contributed by atoms with Gasteiger partial charge in [-0.15, -0.1) is 0 Å². The van der Waals surface area contributed by atoms with E-state index in [0.29, 0.717) is 31.2 Å². The van der Waals surface area contributed by atoms with Crippen LogP contribution in [-0.4, -0.2) is 24.3 Å². The van der Waals surface area contributed by atoms with Crippen molar-refractivity contribution in [3.05, 3.63) is 23.7 Å². The molecule has 1 N–H and O–H groups in total. The van der Waals surface area contributed by atoms with Gasteiger partial charge in [-0.05, 0) is 12.5 Å². The van der Waals surface area contributed by atoms with Crippen LogP contribution in [0.5, 0.6) is 0 Å². The number of ether oxygens (including phenoxy) is 2. The minimum absolute atomic E-state index is 0.441. The highest BCUT2D eigenvalue weighted by atomic mass is 16.6.